The summed E-state index contributed by atoms with van der Waals surface area (Å²) in [5, 5.41) is 31.0. The third kappa shape index (κ3) is 7.32. The molecular formula is C21H32N10O8S2. The van der Waals surface area contributed by atoms with Crippen LogP contribution in [-0.4, -0.2) is 122 Å². The van der Waals surface area contributed by atoms with Crippen LogP contribution in [0.2, 0.25) is 0 Å². The molecule has 3 aliphatic heterocycles. The van der Waals surface area contributed by atoms with E-state index in [0.717, 1.165) is 44.5 Å². The van der Waals surface area contributed by atoms with Crippen molar-refractivity contribution in [3.05, 3.63) is 23.0 Å². The van der Waals surface area contributed by atoms with Gasteiger partial charge in [0.25, 0.3) is 11.8 Å². The van der Waals surface area contributed by atoms with Crippen LogP contribution in [0, 0.1) is 0 Å². The number of aromatic nitrogens is 3. The molecule has 2 amide bonds. The summed E-state index contributed by atoms with van der Waals surface area (Å²) in [5.74, 6) is -3.41. The Bertz CT molecular complexity index is 1340. The highest BCUT2D eigenvalue weighted by Crippen LogP contribution is 2.26. The van der Waals surface area contributed by atoms with Gasteiger partial charge in [0.2, 0.25) is 5.60 Å². The van der Waals surface area contributed by atoms with Gasteiger partial charge >= 0.3 is 16.3 Å². The normalized spacial score (nSPS) is 24.0. The molecule has 7 N–H and O–H groups in total. The molecule has 18 nitrogen and oxygen atoms in total. The van der Waals surface area contributed by atoms with E-state index >= 15 is 0 Å². The first-order valence-electron chi connectivity index (χ1n) is 12.6. The molecule has 1 aromatic rings. The van der Waals surface area contributed by atoms with E-state index < -0.39 is 57.0 Å². The van der Waals surface area contributed by atoms with Crippen molar-refractivity contribution in [2.24, 2.45) is 10.9 Å². The molecule has 41 heavy (non-hydrogen) atoms. The number of piperazine rings is 1. The number of carbonyl (C=O) groups excluding carboxylic acids is 2. The average molecular weight is 617 g/mol. The molecule has 0 spiro atoms. The number of carbonyl (C=O) groups is 3. The van der Waals surface area contributed by atoms with Crippen LogP contribution in [0.5, 0.6) is 0 Å². The first-order valence-corrected chi connectivity index (χ1v) is 14.9. The largest absolute Gasteiger partial charge is 0.478 e. The molecule has 3 atom stereocenters. The van der Waals surface area contributed by atoms with E-state index in [9.17, 15) is 32.5 Å². The second kappa shape index (κ2) is 12.3. The Morgan fingerprint density at radius 2 is 2.05 bits per heavy atom. The molecule has 3 aliphatic rings. The number of hydrogen-bond donors (Lipinski definition) is 6. The van der Waals surface area contributed by atoms with Crippen molar-refractivity contribution in [3.63, 3.8) is 0 Å². The number of rotatable bonds is 12. The summed E-state index contributed by atoms with van der Waals surface area (Å²) in [5.41, 5.74) is 3.69. The lowest BCUT2D eigenvalue weighted by molar-refractivity contribution is -0.161. The van der Waals surface area contributed by atoms with Crippen molar-refractivity contribution in [3.8, 4) is 0 Å². The van der Waals surface area contributed by atoms with Gasteiger partial charge in [-0.15, -0.1) is 5.10 Å². The molecule has 0 bridgehead atoms. The lowest BCUT2D eigenvalue weighted by atomic mass is 9.98. The minimum atomic E-state index is -4.96. The smallest absolute Gasteiger partial charge is 0.362 e. The first-order chi connectivity index (χ1) is 19.3. The number of oxime groups is 1. The summed E-state index contributed by atoms with van der Waals surface area (Å²) in [4.78, 5) is 44.8. The molecule has 226 valence electrons. The molecule has 3 unspecified atom stereocenters. The Kier molecular flexibility index (Phi) is 9.19. The predicted octanol–water partition coefficient (Wildman–Crippen LogP) is -3.12. The van der Waals surface area contributed by atoms with E-state index in [1.54, 1.807) is 6.20 Å². The summed E-state index contributed by atoms with van der Waals surface area (Å²) in [6.07, 6.45) is 2.20. The van der Waals surface area contributed by atoms with E-state index in [2.05, 4.69) is 36.3 Å². The number of amides is 2. The van der Waals surface area contributed by atoms with E-state index in [1.807, 2.05) is 0 Å². The van der Waals surface area contributed by atoms with Crippen LogP contribution in [0.3, 0.4) is 0 Å². The molecule has 2 saturated heterocycles. The minimum Gasteiger partial charge on any atom is -0.478 e. The van der Waals surface area contributed by atoms with Gasteiger partial charge in [-0.05, 0) is 13.8 Å². The van der Waals surface area contributed by atoms with Gasteiger partial charge in [0.15, 0.2) is 5.71 Å². The van der Waals surface area contributed by atoms with Crippen LogP contribution in [0.25, 0.3) is 0 Å². The van der Waals surface area contributed by atoms with Crippen molar-refractivity contribution in [2.45, 2.75) is 50.0 Å². The highest BCUT2D eigenvalue weighted by atomic mass is 32.2. The highest BCUT2D eigenvalue weighted by Gasteiger charge is 2.54. The highest BCUT2D eigenvalue weighted by molar-refractivity contribution is 8.02. The van der Waals surface area contributed by atoms with Crippen LogP contribution in [0.15, 0.2) is 22.5 Å². The van der Waals surface area contributed by atoms with Crippen LogP contribution >= 0.6 is 11.8 Å². The number of hydrogen-bond acceptors (Lipinski definition) is 14. The fourth-order valence-corrected chi connectivity index (χ4v) is 5.72. The molecule has 0 radical (unpaired) electrons. The molecule has 1 aromatic heterocycles. The summed E-state index contributed by atoms with van der Waals surface area (Å²) >= 11 is 1.11. The maximum absolute atomic E-state index is 13.2. The third-order valence-electron chi connectivity index (χ3n) is 6.54. The van der Waals surface area contributed by atoms with Crippen molar-refractivity contribution in [2.75, 3.05) is 32.7 Å². The number of nitrogens with zero attached hydrogens (tertiary/aromatic N) is 6. The Morgan fingerprint density at radius 1 is 1.34 bits per heavy atom. The zero-order valence-electron chi connectivity index (χ0n) is 22.3. The predicted molar refractivity (Wildman–Crippen MR) is 144 cm³/mol. The topological polar surface area (TPSA) is 247 Å². The van der Waals surface area contributed by atoms with Gasteiger partial charge in [0, 0.05) is 50.7 Å². The summed E-state index contributed by atoms with van der Waals surface area (Å²) in [6.45, 7) is 6.59. The lowest BCUT2D eigenvalue weighted by Gasteiger charge is -2.43. The summed E-state index contributed by atoms with van der Waals surface area (Å²) < 4.78 is 35.1. The number of carboxylic acid groups (broad SMARTS) is 1. The van der Waals surface area contributed by atoms with Gasteiger partial charge in [0.1, 0.15) is 11.5 Å². The molecular weight excluding hydrogens is 584 g/mol. The van der Waals surface area contributed by atoms with Crippen molar-refractivity contribution < 1.29 is 37.3 Å². The number of thioether (sulfide) groups is 1. The van der Waals surface area contributed by atoms with Crippen LogP contribution < -0.4 is 21.7 Å². The Balaban J connectivity index is 1.49. The fraction of sp³-hybridized carbons (Fsp3) is 0.619. The lowest BCUT2D eigenvalue weighted by Crippen LogP contribution is -2.73. The number of nitrogens with one attached hydrogen (secondary N) is 3. The average Bonchev–Trinajstić information content (AvgIpc) is 3.54. The van der Waals surface area contributed by atoms with Crippen LogP contribution in [0.4, 0.5) is 0 Å². The molecule has 0 saturated carbocycles. The zero-order chi connectivity index (χ0) is 29.9. The zero-order valence-corrected chi connectivity index (χ0v) is 23.9. The summed E-state index contributed by atoms with van der Waals surface area (Å²) in [6, 6.07) is -2.65. The number of carboxylic acids is 1. The number of aliphatic carboxylic acids is 1. The molecule has 0 aromatic carbocycles. The molecule has 2 fully saturated rings. The van der Waals surface area contributed by atoms with Crippen LogP contribution in [-0.2, 0) is 42.5 Å². The van der Waals surface area contributed by atoms with Crippen molar-refractivity contribution >= 4 is 45.6 Å². The fourth-order valence-electron chi connectivity index (χ4n) is 4.19. The van der Waals surface area contributed by atoms with Crippen molar-refractivity contribution in [1.82, 2.24) is 40.1 Å². The molecule has 4 rings (SSSR count). The minimum absolute atomic E-state index is 0.0987. The van der Waals surface area contributed by atoms with E-state index in [1.165, 1.54) is 23.9 Å². The molecule has 0 aliphatic carbocycles. The van der Waals surface area contributed by atoms with Gasteiger partial charge in [0.05, 0.1) is 24.0 Å². The van der Waals surface area contributed by atoms with Gasteiger partial charge < -0.3 is 36.5 Å². The van der Waals surface area contributed by atoms with Gasteiger partial charge in [-0.3, -0.25) is 18.8 Å². The van der Waals surface area contributed by atoms with Gasteiger partial charge in [-0.2, -0.15) is 8.42 Å². The van der Waals surface area contributed by atoms with Crippen LogP contribution in [0.1, 0.15) is 19.5 Å². The Hall–Kier alpha value is -3.30. The third-order valence-corrected chi connectivity index (χ3v) is 8.27. The Morgan fingerprint density at radius 3 is 2.66 bits per heavy atom. The number of β-lactam (4-membered cyclic amide) rings is 1. The standard InChI is InChI=1S/C21H32N10O8S2/c1-21(2,19(34)35)39-27-15(13-11-40-20(22)24-13)17(32)25-16-14(31(18(16)33)41(36,37)38)10-30-9-12(26-28-30)3-6-29-7-4-23-5-8-29/h9,11,14,16,20,23-24H,3-8,10,22H2,1-2H3,(H,25,32)(H,34,35)(H,36,37,38)/b27-15-. The quantitative estimate of drug-likeness (QED) is 0.0588. The first kappa shape index (κ1) is 30.7. The van der Waals surface area contributed by atoms with Crippen molar-refractivity contribution in [1.29, 1.82) is 0 Å². The van der Waals surface area contributed by atoms with E-state index in [0.29, 0.717) is 12.1 Å². The monoisotopic (exact) mass is 616 g/mol. The van der Waals surface area contributed by atoms with E-state index in [4.69, 9.17) is 10.6 Å². The Labute approximate surface area is 239 Å². The number of nitrogens with two attached hydrogens (primary N) is 1. The van der Waals surface area contributed by atoms with Gasteiger partial charge in [-0.1, -0.05) is 22.1 Å². The molecule has 4 heterocycles. The van der Waals surface area contributed by atoms with Gasteiger partial charge in [-0.25, -0.2) is 9.10 Å². The molecule has 20 heteroatoms. The maximum Gasteiger partial charge on any atom is 0.362 e. The van der Waals surface area contributed by atoms with E-state index in [-0.39, 0.29) is 16.5 Å². The maximum atomic E-state index is 13.2. The SMILES string of the molecule is CC(C)(O/N=C(\C(=O)NC1C(=O)N(S(=O)(=O)O)C1Cn1cc(CCN2CCNCC2)nn1)C1=CSC(N)N1)C(=O)O. The summed E-state index contributed by atoms with van der Waals surface area (Å²) in [7, 11) is -4.96. The second-order valence-corrected chi connectivity index (χ2v) is 12.3. The second-order valence-electron chi connectivity index (χ2n) is 9.98.